The summed E-state index contributed by atoms with van der Waals surface area (Å²) in [7, 11) is 2.13. The summed E-state index contributed by atoms with van der Waals surface area (Å²) in [5, 5.41) is 11.5. The zero-order valence-electron chi connectivity index (χ0n) is 8.98. The number of aryl methyl sites for hydroxylation is 1. The highest BCUT2D eigenvalue weighted by Gasteiger charge is 2.11. The first kappa shape index (κ1) is 10.0. The molecule has 1 N–H and O–H groups in total. The van der Waals surface area contributed by atoms with Gasteiger partial charge in [0.2, 0.25) is 0 Å². The molecule has 0 saturated heterocycles. The maximum absolute atomic E-state index is 8.49. The summed E-state index contributed by atoms with van der Waals surface area (Å²) in [6.07, 6.45) is 5.07. The van der Waals surface area contributed by atoms with Crippen LogP contribution >= 0.6 is 0 Å². The molecule has 0 fully saturated rings. The maximum atomic E-state index is 8.49. The van der Waals surface area contributed by atoms with Crippen molar-refractivity contribution in [3.05, 3.63) is 29.3 Å². The largest absolute Gasteiger partial charge is 0.411 e. The normalized spacial score (nSPS) is 16.5. The van der Waals surface area contributed by atoms with E-state index in [1.165, 1.54) is 30.3 Å². The summed E-state index contributed by atoms with van der Waals surface area (Å²) < 4.78 is 0. The van der Waals surface area contributed by atoms with Crippen molar-refractivity contribution in [1.82, 2.24) is 0 Å². The smallest absolute Gasteiger partial charge is 0.0733 e. The van der Waals surface area contributed by atoms with E-state index in [2.05, 4.69) is 29.2 Å². The van der Waals surface area contributed by atoms with Crippen molar-refractivity contribution in [3.8, 4) is 0 Å². The van der Waals surface area contributed by atoms with Crippen LogP contribution in [0.5, 0.6) is 0 Å². The Morgan fingerprint density at radius 1 is 1.40 bits per heavy atom. The molecule has 0 amide bonds. The van der Waals surface area contributed by atoms with E-state index in [4.69, 9.17) is 5.21 Å². The van der Waals surface area contributed by atoms with Crippen LogP contribution in [-0.2, 0) is 6.42 Å². The van der Waals surface area contributed by atoms with E-state index in [9.17, 15) is 0 Å². The van der Waals surface area contributed by atoms with Crippen LogP contribution in [0.3, 0.4) is 0 Å². The lowest BCUT2D eigenvalue weighted by atomic mass is 10.0. The molecule has 3 heteroatoms. The zero-order valence-corrected chi connectivity index (χ0v) is 8.98. The molecule has 15 heavy (non-hydrogen) atoms. The van der Waals surface area contributed by atoms with E-state index in [1.54, 1.807) is 0 Å². The maximum Gasteiger partial charge on any atom is 0.0733 e. The first-order valence-electron chi connectivity index (χ1n) is 5.33. The number of fused-ring (bicyclic) bond motifs is 1. The molecule has 80 valence electrons. The second-order valence-electron chi connectivity index (χ2n) is 4.01. The fourth-order valence-electron chi connectivity index (χ4n) is 2.11. The van der Waals surface area contributed by atoms with Gasteiger partial charge >= 0.3 is 0 Å². The number of hydrogen-bond donors (Lipinski definition) is 1. The molecule has 0 aliphatic carbocycles. The van der Waals surface area contributed by atoms with Crippen LogP contribution in [0.25, 0.3) is 0 Å². The van der Waals surface area contributed by atoms with Gasteiger partial charge in [0.05, 0.1) is 6.21 Å². The second-order valence-corrected chi connectivity index (χ2v) is 4.01. The first-order chi connectivity index (χ1) is 7.31. The van der Waals surface area contributed by atoms with E-state index in [0.29, 0.717) is 0 Å². The highest BCUT2D eigenvalue weighted by atomic mass is 16.4. The topological polar surface area (TPSA) is 35.8 Å². The monoisotopic (exact) mass is 204 g/mol. The van der Waals surface area contributed by atoms with E-state index in [-0.39, 0.29) is 0 Å². The van der Waals surface area contributed by atoms with Gasteiger partial charge < -0.3 is 10.1 Å². The predicted molar refractivity (Wildman–Crippen MR) is 62.0 cm³/mol. The molecule has 0 aromatic heterocycles. The van der Waals surface area contributed by atoms with Crippen molar-refractivity contribution >= 4 is 11.9 Å². The van der Waals surface area contributed by atoms with E-state index >= 15 is 0 Å². The van der Waals surface area contributed by atoms with Crippen LogP contribution in [0.4, 0.5) is 5.69 Å². The van der Waals surface area contributed by atoms with Crippen molar-refractivity contribution in [3.63, 3.8) is 0 Å². The van der Waals surface area contributed by atoms with Crippen molar-refractivity contribution in [2.75, 3.05) is 18.5 Å². The van der Waals surface area contributed by atoms with Crippen LogP contribution in [0.15, 0.2) is 23.4 Å². The predicted octanol–water partition coefficient (Wildman–Crippen LogP) is 2.27. The number of hydrogen-bond acceptors (Lipinski definition) is 3. The lowest BCUT2D eigenvalue weighted by Gasteiger charge is -2.19. The van der Waals surface area contributed by atoms with Crippen LogP contribution in [0.2, 0.25) is 0 Å². The lowest BCUT2D eigenvalue weighted by molar-refractivity contribution is 0.322. The number of anilines is 1. The van der Waals surface area contributed by atoms with Gasteiger partial charge in [-0.3, -0.25) is 0 Å². The summed E-state index contributed by atoms with van der Waals surface area (Å²) in [4.78, 5) is 2.29. The molecule has 0 unspecified atom stereocenters. The molecule has 3 nitrogen and oxygen atoms in total. The van der Waals surface area contributed by atoms with E-state index < -0.39 is 0 Å². The lowest BCUT2D eigenvalue weighted by Crippen LogP contribution is -2.17. The van der Waals surface area contributed by atoms with Crippen molar-refractivity contribution in [1.29, 1.82) is 0 Å². The Kier molecular flexibility index (Phi) is 2.90. The van der Waals surface area contributed by atoms with Crippen molar-refractivity contribution in [2.24, 2.45) is 5.16 Å². The molecule has 1 aromatic rings. The average molecular weight is 204 g/mol. The van der Waals surface area contributed by atoms with E-state index in [0.717, 1.165) is 18.5 Å². The molecule has 1 aliphatic heterocycles. The SMILES string of the molecule is CN1CCCCc2cc(/C=N/O)ccc21. The van der Waals surface area contributed by atoms with Crippen molar-refractivity contribution in [2.45, 2.75) is 19.3 Å². The molecule has 0 saturated carbocycles. The Morgan fingerprint density at radius 2 is 2.27 bits per heavy atom. The van der Waals surface area contributed by atoms with Gasteiger partial charge in [0.1, 0.15) is 0 Å². The molecular formula is C12H16N2O. The van der Waals surface area contributed by atoms with Crippen molar-refractivity contribution < 1.29 is 5.21 Å². The van der Waals surface area contributed by atoms with Crippen LogP contribution in [-0.4, -0.2) is 25.0 Å². The minimum atomic E-state index is 0.964. The molecule has 0 atom stereocenters. The Labute approximate surface area is 90.0 Å². The van der Waals surface area contributed by atoms with Crippen LogP contribution in [0, 0.1) is 0 Å². The highest BCUT2D eigenvalue weighted by molar-refractivity contribution is 5.80. The molecule has 1 aromatic carbocycles. The molecule has 0 bridgehead atoms. The van der Waals surface area contributed by atoms with Gasteiger partial charge in [-0.2, -0.15) is 0 Å². The van der Waals surface area contributed by atoms with Crippen LogP contribution in [0.1, 0.15) is 24.0 Å². The Balaban J connectivity index is 2.38. The summed E-state index contributed by atoms with van der Waals surface area (Å²) in [5.41, 5.74) is 3.63. The Hall–Kier alpha value is -1.51. The summed E-state index contributed by atoms with van der Waals surface area (Å²) in [5.74, 6) is 0. The van der Waals surface area contributed by atoms with E-state index in [1.807, 2.05) is 6.07 Å². The zero-order chi connectivity index (χ0) is 10.7. The molecule has 0 radical (unpaired) electrons. The number of rotatable bonds is 1. The molecular weight excluding hydrogens is 188 g/mol. The molecule has 1 aliphatic rings. The minimum Gasteiger partial charge on any atom is -0.411 e. The molecule has 0 spiro atoms. The number of benzene rings is 1. The number of nitrogens with zero attached hydrogens (tertiary/aromatic N) is 2. The second kappa shape index (κ2) is 4.34. The van der Waals surface area contributed by atoms with Gasteiger partial charge in [-0.05, 0) is 42.5 Å². The summed E-state index contributed by atoms with van der Waals surface area (Å²) in [6, 6.07) is 6.20. The fraction of sp³-hybridized carbons (Fsp3) is 0.417. The first-order valence-corrected chi connectivity index (χ1v) is 5.33. The van der Waals surface area contributed by atoms with Gasteiger partial charge in [0, 0.05) is 19.3 Å². The summed E-state index contributed by atoms with van der Waals surface area (Å²) in [6.45, 7) is 1.13. The van der Waals surface area contributed by atoms with Crippen LogP contribution < -0.4 is 4.90 Å². The van der Waals surface area contributed by atoms with Gasteiger partial charge in [0.25, 0.3) is 0 Å². The highest BCUT2D eigenvalue weighted by Crippen LogP contribution is 2.25. The van der Waals surface area contributed by atoms with Gasteiger partial charge in [-0.15, -0.1) is 0 Å². The van der Waals surface area contributed by atoms with Gasteiger partial charge in [-0.25, -0.2) is 0 Å². The quantitative estimate of drug-likeness (QED) is 0.433. The number of oxime groups is 1. The molecule has 2 rings (SSSR count). The summed E-state index contributed by atoms with van der Waals surface area (Å²) >= 11 is 0. The minimum absolute atomic E-state index is 0.964. The van der Waals surface area contributed by atoms with Gasteiger partial charge in [0.15, 0.2) is 0 Å². The third-order valence-corrected chi connectivity index (χ3v) is 2.91. The Bertz CT molecular complexity index is 374. The third-order valence-electron chi connectivity index (χ3n) is 2.91. The standard InChI is InChI=1S/C12H16N2O/c1-14-7-3-2-4-11-8-10(9-13-15)5-6-12(11)14/h5-6,8-9,15H,2-4,7H2,1H3/b13-9+. The molecule has 1 heterocycles. The fourth-order valence-corrected chi connectivity index (χ4v) is 2.11. The van der Waals surface area contributed by atoms with Gasteiger partial charge in [-0.1, -0.05) is 11.2 Å². The third kappa shape index (κ3) is 2.12. The average Bonchev–Trinajstić information content (AvgIpc) is 2.41. The Morgan fingerprint density at radius 3 is 3.07 bits per heavy atom.